The van der Waals surface area contributed by atoms with Crippen molar-refractivity contribution in [2.24, 2.45) is 0 Å². The zero-order chi connectivity index (χ0) is 15.5. The number of anilines is 1. The fourth-order valence-electron chi connectivity index (χ4n) is 1.92. The third-order valence-electron chi connectivity index (χ3n) is 2.78. The van der Waals surface area contributed by atoms with Crippen LogP contribution in [0.4, 0.5) is 10.5 Å². The molecule has 0 spiro atoms. The van der Waals surface area contributed by atoms with Crippen LogP contribution in [0.5, 0.6) is 0 Å². The molecule has 6 heteroatoms. The lowest BCUT2D eigenvalue weighted by atomic mass is 10.1. The van der Waals surface area contributed by atoms with Crippen LogP contribution in [0, 0.1) is 13.8 Å². The Balaban J connectivity index is 2.89. The number of urea groups is 1. The van der Waals surface area contributed by atoms with Crippen molar-refractivity contribution >= 4 is 23.3 Å². The summed E-state index contributed by atoms with van der Waals surface area (Å²) in [7, 11) is 0. The first-order valence-electron chi connectivity index (χ1n) is 6.56. The van der Waals surface area contributed by atoms with E-state index in [0.29, 0.717) is 12.2 Å². The van der Waals surface area contributed by atoms with Gasteiger partial charge in [-0.1, -0.05) is 11.6 Å². The molecule has 5 nitrogen and oxygen atoms in total. The van der Waals surface area contributed by atoms with Crippen molar-refractivity contribution in [3.8, 4) is 0 Å². The van der Waals surface area contributed by atoms with E-state index in [9.17, 15) is 9.90 Å². The molecule has 0 aliphatic carbocycles. The highest BCUT2D eigenvalue weighted by atomic mass is 35.5. The number of halogens is 1. The van der Waals surface area contributed by atoms with Gasteiger partial charge in [-0.2, -0.15) is 0 Å². The predicted molar refractivity (Wildman–Crippen MR) is 81.3 cm³/mol. The van der Waals surface area contributed by atoms with E-state index in [1.54, 1.807) is 13.8 Å². The molecule has 0 aliphatic heterocycles. The van der Waals surface area contributed by atoms with Crippen LogP contribution >= 0.6 is 11.6 Å². The maximum absolute atomic E-state index is 12.2. The minimum absolute atomic E-state index is 0.241. The first kappa shape index (κ1) is 16.7. The van der Waals surface area contributed by atoms with E-state index in [0.717, 1.165) is 11.3 Å². The summed E-state index contributed by atoms with van der Waals surface area (Å²) in [6.07, 6.45) is 0. The van der Waals surface area contributed by atoms with E-state index in [4.69, 9.17) is 11.6 Å². The maximum Gasteiger partial charge on any atom is 0.322 e. The van der Waals surface area contributed by atoms with Crippen molar-refractivity contribution in [3.05, 3.63) is 22.5 Å². The molecule has 1 rings (SSSR count). The smallest absolute Gasteiger partial charge is 0.322 e. The Morgan fingerprint density at radius 3 is 2.55 bits per heavy atom. The second-order valence-corrected chi connectivity index (χ2v) is 5.86. The largest absolute Gasteiger partial charge is 0.389 e. The van der Waals surface area contributed by atoms with Gasteiger partial charge < -0.3 is 15.3 Å². The summed E-state index contributed by atoms with van der Waals surface area (Å²) < 4.78 is 0. The van der Waals surface area contributed by atoms with Crippen LogP contribution in [-0.2, 0) is 0 Å². The molecule has 2 amide bonds. The molecule has 0 saturated carbocycles. The highest BCUT2D eigenvalue weighted by Gasteiger charge is 2.22. The molecule has 0 aliphatic rings. The predicted octanol–water partition coefficient (Wildman–Crippen LogP) is 2.98. The van der Waals surface area contributed by atoms with Crippen LogP contribution in [0.25, 0.3) is 0 Å². The van der Waals surface area contributed by atoms with Gasteiger partial charge in [-0.25, -0.2) is 9.78 Å². The standard InChI is InChI=1S/C14H22ClN3O2/c1-6-18(8-14(4,5)20)13(19)17-11-9(2)7-10(3)16-12(11)15/h7,20H,6,8H2,1-5H3,(H,17,19). The van der Waals surface area contributed by atoms with Crippen molar-refractivity contribution in [2.75, 3.05) is 18.4 Å². The molecule has 0 aromatic carbocycles. The monoisotopic (exact) mass is 299 g/mol. The Hall–Kier alpha value is -1.33. The van der Waals surface area contributed by atoms with Crippen LogP contribution in [0.3, 0.4) is 0 Å². The van der Waals surface area contributed by atoms with Crippen molar-refractivity contribution in [3.63, 3.8) is 0 Å². The summed E-state index contributed by atoms with van der Waals surface area (Å²) in [6, 6.07) is 1.55. The first-order chi connectivity index (χ1) is 9.14. The van der Waals surface area contributed by atoms with Gasteiger partial charge in [-0.05, 0) is 46.2 Å². The van der Waals surface area contributed by atoms with Gasteiger partial charge in [-0.15, -0.1) is 0 Å². The van der Waals surface area contributed by atoms with Gasteiger partial charge in [0.1, 0.15) is 0 Å². The SMILES string of the molecule is CCN(CC(C)(C)O)C(=O)Nc1c(C)cc(C)nc1Cl. The lowest BCUT2D eigenvalue weighted by Crippen LogP contribution is -2.44. The fourth-order valence-corrected chi connectivity index (χ4v) is 2.25. The first-order valence-corrected chi connectivity index (χ1v) is 6.94. The Morgan fingerprint density at radius 1 is 1.50 bits per heavy atom. The molecule has 0 radical (unpaired) electrons. The molecule has 2 N–H and O–H groups in total. The number of carbonyl (C=O) groups is 1. The third kappa shape index (κ3) is 4.65. The summed E-state index contributed by atoms with van der Waals surface area (Å²) in [5.74, 6) is 0. The molecule has 1 aromatic rings. The van der Waals surface area contributed by atoms with Crippen molar-refractivity contribution in [1.82, 2.24) is 9.88 Å². The number of pyridine rings is 1. The van der Waals surface area contributed by atoms with Crippen molar-refractivity contribution in [2.45, 2.75) is 40.2 Å². The van der Waals surface area contributed by atoms with E-state index < -0.39 is 5.60 Å². The van der Waals surface area contributed by atoms with Gasteiger partial charge in [0, 0.05) is 12.2 Å². The molecular formula is C14H22ClN3O2. The van der Waals surface area contributed by atoms with Crippen LogP contribution in [0.15, 0.2) is 6.07 Å². The Labute approximate surface area is 125 Å². The maximum atomic E-state index is 12.2. The molecule has 1 heterocycles. The van der Waals surface area contributed by atoms with E-state index in [-0.39, 0.29) is 17.7 Å². The van der Waals surface area contributed by atoms with Gasteiger partial charge in [0.2, 0.25) is 0 Å². The number of hydrogen-bond acceptors (Lipinski definition) is 3. The van der Waals surface area contributed by atoms with E-state index in [1.807, 2.05) is 26.8 Å². The van der Waals surface area contributed by atoms with Crippen LogP contribution < -0.4 is 5.32 Å². The third-order valence-corrected chi connectivity index (χ3v) is 3.05. The molecule has 0 fully saturated rings. The lowest BCUT2D eigenvalue weighted by molar-refractivity contribution is 0.0501. The molecule has 20 heavy (non-hydrogen) atoms. The molecular weight excluding hydrogens is 278 g/mol. The highest BCUT2D eigenvalue weighted by molar-refractivity contribution is 6.32. The lowest BCUT2D eigenvalue weighted by Gasteiger charge is -2.28. The number of nitrogens with zero attached hydrogens (tertiary/aromatic N) is 2. The molecule has 0 bridgehead atoms. The number of aryl methyl sites for hydroxylation is 2. The van der Waals surface area contributed by atoms with E-state index in [2.05, 4.69) is 10.3 Å². The summed E-state index contributed by atoms with van der Waals surface area (Å²) >= 11 is 6.07. The van der Waals surface area contributed by atoms with Crippen LogP contribution in [-0.4, -0.2) is 39.7 Å². The molecule has 0 saturated heterocycles. The summed E-state index contributed by atoms with van der Waals surface area (Å²) in [4.78, 5) is 17.9. The zero-order valence-corrected chi connectivity index (χ0v) is 13.4. The fraction of sp³-hybridized carbons (Fsp3) is 0.571. The number of amides is 2. The zero-order valence-electron chi connectivity index (χ0n) is 12.6. The van der Waals surface area contributed by atoms with Gasteiger partial charge in [0.25, 0.3) is 0 Å². The van der Waals surface area contributed by atoms with Gasteiger partial charge >= 0.3 is 6.03 Å². The van der Waals surface area contributed by atoms with Crippen LogP contribution in [0.2, 0.25) is 5.15 Å². The number of aliphatic hydroxyl groups is 1. The molecule has 112 valence electrons. The Kier molecular flexibility index (Phi) is 5.36. The topological polar surface area (TPSA) is 65.5 Å². The highest BCUT2D eigenvalue weighted by Crippen LogP contribution is 2.24. The van der Waals surface area contributed by atoms with Gasteiger partial charge in [0.05, 0.1) is 17.8 Å². The number of hydrogen-bond donors (Lipinski definition) is 2. The summed E-state index contributed by atoms with van der Waals surface area (Å²) in [5, 5.41) is 12.9. The minimum atomic E-state index is -0.947. The number of likely N-dealkylation sites (N-methyl/N-ethyl adjacent to an activating group) is 1. The number of rotatable bonds is 4. The molecule has 0 unspecified atom stereocenters. The number of nitrogens with one attached hydrogen (secondary N) is 1. The van der Waals surface area contributed by atoms with E-state index >= 15 is 0 Å². The van der Waals surface area contributed by atoms with Gasteiger partial charge in [0.15, 0.2) is 5.15 Å². The van der Waals surface area contributed by atoms with Crippen molar-refractivity contribution in [1.29, 1.82) is 0 Å². The average Bonchev–Trinajstić information content (AvgIpc) is 2.29. The summed E-state index contributed by atoms with van der Waals surface area (Å²) in [6.45, 7) is 9.62. The van der Waals surface area contributed by atoms with Crippen molar-refractivity contribution < 1.29 is 9.90 Å². The summed E-state index contributed by atoms with van der Waals surface area (Å²) in [5.41, 5.74) is 1.22. The minimum Gasteiger partial charge on any atom is -0.389 e. The Bertz CT molecular complexity index is 475. The number of carbonyl (C=O) groups excluding carboxylic acids is 1. The van der Waals surface area contributed by atoms with Gasteiger partial charge in [-0.3, -0.25) is 0 Å². The van der Waals surface area contributed by atoms with Crippen LogP contribution in [0.1, 0.15) is 32.0 Å². The van der Waals surface area contributed by atoms with E-state index in [1.165, 1.54) is 4.90 Å². The molecule has 1 aromatic heterocycles. The normalized spacial score (nSPS) is 11.3. The quantitative estimate of drug-likeness (QED) is 0.840. The second kappa shape index (κ2) is 6.41. The second-order valence-electron chi connectivity index (χ2n) is 5.50. The Morgan fingerprint density at radius 2 is 2.10 bits per heavy atom. The molecule has 0 atom stereocenters. The average molecular weight is 300 g/mol. The number of aromatic nitrogens is 1.